The van der Waals surface area contributed by atoms with Crippen molar-refractivity contribution in [2.45, 2.75) is 33.7 Å². The zero-order valence-electron chi connectivity index (χ0n) is 10.7. The molecular weight excluding hydrogens is 210 g/mol. The van der Waals surface area contributed by atoms with E-state index in [-0.39, 0.29) is 0 Å². The SMILES string of the molecule is CC(C)(C)C/C=C/Cn1cnc2ncccc21. The van der Waals surface area contributed by atoms with Gasteiger partial charge in [0.1, 0.15) is 0 Å². The summed E-state index contributed by atoms with van der Waals surface area (Å²) in [6.07, 6.45) is 9.15. The molecule has 2 rings (SSSR count). The van der Waals surface area contributed by atoms with Gasteiger partial charge in [0, 0.05) is 12.7 Å². The van der Waals surface area contributed by atoms with Gasteiger partial charge in [-0.15, -0.1) is 0 Å². The Morgan fingerprint density at radius 2 is 2.06 bits per heavy atom. The van der Waals surface area contributed by atoms with Gasteiger partial charge in [0.15, 0.2) is 5.65 Å². The second-order valence-electron chi connectivity index (χ2n) is 5.48. The molecular formula is C14H19N3. The molecule has 0 N–H and O–H groups in total. The topological polar surface area (TPSA) is 30.7 Å². The lowest BCUT2D eigenvalue weighted by Crippen LogP contribution is -2.02. The summed E-state index contributed by atoms with van der Waals surface area (Å²) in [6, 6.07) is 3.99. The third-order valence-corrected chi connectivity index (χ3v) is 2.59. The molecule has 0 aliphatic heterocycles. The summed E-state index contributed by atoms with van der Waals surface area (Å²) in [5.74, 6) is 0. The van der Waals surface area contributed by atoms with Gasteiger partial charge in [-0.05, 0) is 24.0 Å². The van der Waals surface area contributed by atoms with Crippen molar-refractivity contribution in [3.63, 3.8) is 0 Å². The minimum atomic E-state index is 0.356. The Bertz CT molecular complexity index is 517. The molecule has 90 valence electrons. The third kappa shape index (κ3) is 3.16. The van der Waals surface area contributed by atoms with Crippen LogP contribution in [-0.2, 0) is 6.54 Å². The van der Waals surface area contributed by atoms with Gasteiger partial charge in [-0.2, -0.15) is 0 Å². The molecule has 0 fully saturated rings. The molecule has 0 saturated heterocycles. The van der Waals surface area contributed by atoms with E-state index < -0.39 is 0 Å². The maximum absolute atomic E-state index is 4.26. The number of hydrogen-bond acceptors (Lipinski definition) is 2. The van der Waals surface area contributed by atoms with Crippen molar-refractivity contribution in [1.82, 2.24) is 14.5 Å². The van der Waals surface area contributed by atoms with Gasteiger partial charge in [-0.1, -0.05) is 32.9 Å². The molecule has 0 aliphatic rings. The maximum atomic E-state index is 4.26. The van der Waals surface area contributed by atoms with Gasteiger partial charge >= 0.3 is 0 Å². The van der Waals surface area contributed by atoms with Crippen LogP contribution in [0, 0.1) is 5.41 Å². The molecule has 0 aromatic carbocycles. The number of pyridine rings is 1. The molecule has 0 spiro atoms. The van der Waals surface area contributed by atoms with Crippen LogP contribution in [0.25, 0.3) is 11.2 Å². The van der Waals surface area contributed by atoms with Crippen LogP contribution in [-0.4, -0.2) is 14.5 Å². The summed E-state index contributed by atoms with van der Waals surface area (Å²) in [7, 11) is 0. The van der Waals surface area contributed by atoms with Crippen LogP contribution in [0.1, 0.15) is 27.2 Å². The molecule has 0 atom stereocenters. The van der Waals surface area contributed by atoms with E-state index in [1.54, 1.807) is 6.20 Å². The number of allylic oxidation sites excluding steroid dienone is 2. The maximum Gasteiger partial charge on any atom is 0.177 e. The zero-order chi connectivity index (χ0) is 12.3. The van der Waals surface area contributed by atoms with E-state index in [1.807, 2.05) is 18.5 Å². The first-order valence-corrected chi connectivity index (χ1v) is 5.97. The van der Waals surface area contributed by atoms with Crippen LogP contribution in [0.3, 0.4) is 0 Å². The molecule has 0 amide bonds. The Morgan fingerprint density at radius 1 is 1.24 bits per heavy atom. The van der Waals surface area contributed by atoms with Crippen molar-refractivity contribution >= 4 is 11.2 Å². The van der Waals surface area contributed by atoms with Gasteiger partial charge in [0.05, 0.1) is 11.8 Å². The number of aromatic nitrogens is 3. The average molecular weight is 229 g/mol. The highest BCUT2D eigenvalue weighted by atomic mass is 15.1. The monoisotopic (exact) mass is 229 g/mol. The molecule has 0 unspecified atom stereocenters. The van der Waals surface area contributed by atoms with Crippen LogP contribution in [0.4, 0.5) is 0 Å². The molecule has 0 bridgehead atoms. The summed E-state index contributed by atoms with van der Waals surface area (Å²) in [4.78, 5) is 8.48. The van der Waals surface area contributed by atoms with E-state index in [2.05, 4.69) is 47.5 Å². The first kappa shape index (κ1) is 11.8. The van der Waals surface area contributed by atoms with Crippen LogP contribution < -0.4 is 0 Å². The van der Waals surface area contributed by atoms with Gasteiger partial charge in [-0.25, -0.2) is 9.97 Å². The minimum Gasteiger partial charge on any atom is -0.325 e. The van der Waals surface area contributed by atoms with Gasteiger partial charge < -0.3 is 4.57 Å². The standard InChI is InChI=1S/C14H19N3/c1-14(2,3)8-4-5-10-17-11-16-13-12(17)7-6-9-15-13/h4-7,9,11H,8,10H2,1-3H3/b5-4+. The van der Waals surface area contributed by atoms with Gasteiger partial charge in [0.2, 0.25) is 0 Å². The lowest BCUT2D eigenvalue weighted by Gasteiger charge is -2.14. The van der Waals surface area contributed by atoms with Crippen molar-refractivity contribution < 1.29 is 0 Å². The molecule has 3 nitrogen and oxygen atoms in total. The van der Waals surface area contributed by atoms with E-state index in [0.29, 0.717) is 5.41 Å². The Labute approximate surface area is 102 Å². The molecule has 0 aliphatic carbocycles. The third-order valence-electron chi connectivity index (χ3n) is 2.59. The first-order chi connectivity index (χ1) is 8.06. The lowest BCUT2D eigenvalue weighted by atomic mass is 9.92. The van der Waals surface area contributed by atoms with Crippen molar-refractivity contribution in [3.05, 3.63) is 36.8 Å². The fraction of sp³-hybridized carbons (Fsp3) is 0.429. The second-order valence-corrected chi connectivity index (χ2v) is 5.48. The van der Waals surface area contributed by atoms with Crippen molar-refractivity contribution in [3.8, 4) is 0 Å². The second kappa shape index (κ2) is 4.70. The van der Waals surface area contributed by atoms with E-state index in [9.17, 15) is 0 Å². The summed E-state index contributed by atoms with van der Waals surface area (Å²) in [5.41, 5.74) is 2.26. The molecule has 2 aromatic rings. The predicted octanol–water partition coefficient (Wildman–Crippen LogP) is 3.42. The Morgan fingerprint density at radius 3 is 2.82 bits per heavy atom. The number of hydrogen-bond donors (Lipinski definition) is 0. The first-order valence-electron chi connectivity index (χ1n) is 5.97. The number of nitrogens with zero attached hydrogens (tertiary/aromatic N) is 3. The summed E-state index contributed by atoms with van der Waals surface area (Å²) >= 11 is 0. The molecule has 0 saturated carbocycles. The van der Waals surface area contributed by atoms with E-state index in [0.717, 1.165) is 24.1 Å². The highest BCUT2D eigenvalue weighted by Crippen LogP contribution is 2.18. The zero-order valence-corrected chi connectivity index (χ0v) is 10.7. The van der Waals surface area contributed by atoms with Gasteiger partial charge in [0.25, 0.3) is 0 Å². The van der Waals surface area contributed by atoms with Crippen LogP contribution in [0.5, 0.6) is 0 Å². The highest BCUT2D eigenvalue weighted by molar-refractivity contribution is 5.70. The number of imidazole rings is 1. The van der Waals surface area contributed by atoms with Gasteiger partial charge in [-0.3, -0.25) is 0 Å². The molecule has 2 heterocycles. The minimum absolute atomic E-state index is 0.356. The Kier molecular flexibility index (Phi) is 3.27. The van der Waals surface area contributed by atoms with Crippen LogP contribution in [0.15, 0.2) is 36.8 Å². The molecule has 2 aromatic heterocycles. The Hall–Kier alpha value is -1.64. The summed E-state index contributed by atoms with van der Waals surface area (Å²) < 4.78 is 2.11. The van der Waals surface area contributed by atoms with E-state index >= 15 is 0 Å². The Balaban J connectivity index is 2.04. The van der Waals surface area contributed by atoms with Crippen LogP contribution in [0.2, 0.25) is 0 Å². The van der Waals surface area contributed by atoms with Crippen molar-refractivity contribution in [2.75, 3.05) is 0 Å². The average Bonchev–Trinajstić information content (AvgIpc) is 2.67. The van der Waals surface area contributed by atoms with Crippen LogP contribution >= 0.6 is 0 Å². The summed E-state index contributed by atoms with van der Waals surface area (Å²) in [6.45, 7) is 7.59. The quantitative estimate of drug-likeness (QED) is 0.755. The normalized spacial score (nSPS) is 12.6. The fourth-order valence-corrected chi connectivity index (χ4v) is 1.67. The van der Waals surface area contributed by atoms with Crippen molar-refractivity contribution in [1.29, 1.82) is 0 Å². The molecule has 0 radical (unpaired) electrons. The smallest absolute Gasteiger partial charge is 0.177 e. The predicted molar refractivity (Wildman–Crippen MR) is 70.7 cm³/mol. The fourth-order valence-electron chi connectivity index (χ4n) is 1.67. The highest BCUT2D eigenvalue weighted by Gasteiger charge is 2.06. The number of fused-ring (bicyclic) bond motifs is 1. The van der Waals surface area contributed by atoms with Crippen molar-refractivity contribution in [2.24, 2.45) is 5.41 Å². The number of rotatable bonds is 3. The molecule has 3 heteroatoms. The molecule has 17 heavy (non-hydrogen) atoms. The summed E-state index contributed by atoms with van der Waals surface area (Å²) in [5, 5.41) is 0. The lowest BCUT2D eigenvalue weighted by molar-refractivity contribution is 0.420. The van der Waals surface area contributed by atoms with E-state index in [4.69, 9.17) is 0 Å². The van der Waals surface area contributed by atoms with E-state index in [1.165, 1.54) is 0 Å². The largest absolute Gasteiger partial charge is 0.325 e.